The highest BCUT2D eigenvalue weighted by molar-refractivity contribution is 7.99. The smallest absolute Gasteiger partial charge is 0.225 e. The zero-order valence-electron chi connectivity index (χ0n) is 15.8. The highest BCUT2D eigenvalue weighted by Crippen LogP contribution is 2.24. The molecular weight excluding hydrogens is 350 g/mol. The van der Waals surface area contributed by atoms with E-state index in [0.29, 0.717) is 13.2 Å². The van der Waals surface area contributed by atoms with Gasteiger partial charge in [-0.05, 0) is 12.8 Å². The number of carbonyl (C=O) groups excluding carboxylic acids is 1. The maximum absolute atomic E-state index is 12.5. The lowest BCUT2D eigenvalue weighted by molar-refractivity contribution is -0.135. The van der Waals surface area contributed by atoms with E-state index in [1.165, 1.54) is 0 Å². The summed E-state index contributed by atoms with van der Waals surface area (Å²) in [4.78, 5) is 28.0. The van der Waals surface area contributed by atoms with E-state index in [1.807, 2.05) is 31.2 Å². The predicted molar refractivity (Wildman–Crippen MR) is 106 cm³/mol. The second-order valence-electron chi connectivity index (χ2n) is 6.85. The Hall–Kier alpha value is -1.54. The van der Waals surface area contributed by atoms with Gasteiger partial charge < -0.3 is 19.4 Å². The molecule has 26 heavy (non-hydrogen) atoms. The summed E-state index contributed by atoms with van der Waals surface area (Å²) in [6.07, 6.45) is 5.61. The molecule has 1 aromatic rings. The number of methoxy groups -OCH3 is 1. The first-order valence-electron chi connectivity index (χ1n) is 9.32. The van der Waals surface area contributed by atoms with Crippen LogP contribution < -0.4 is 9.80 Å². The first-order valence-corrected chi connectivity index (χ1v) is 10.5. The number of ether oxygens (including phenoxy) is 1. The van der Waals surface area contributed by atoms with E-state index in [4.69, 9.17) is 4.74 Å². The molecule has 7 nitrogen and oxygen atoms in total. The molecule has 0 N–H and O–H groups in total. The maximum atomic E-state index is 12.5. The van der Waals surface area contributed by atoms with Gasteiger partial charge >= 0.3 is 0 Å². The Labute approximate surface area is 160 Å². The molecule has 0 aliphatic carbocycles. The minimum absolute atomic E-state index is 0.110. The monoisotopic (exact) mass is 379 g/mol. The zero-order chi connectivity index (χ0) is 18.4. The molecule has 2 aliphatic rings. The molecule has 2 saturated heterocycles. The molecule has 0 unspecified atom stereocenters. The van der Waals surface area contributed by atoms with E-state index < -0.39 is 0 Å². The van der Waals surface area contributed by atoms with Gasteiger partial charge in [0.15, 0.2) is 0 Å². The van der Waals surface area contributed by atoms with Crippen LogP contribution in [0, 0.1) is 5.92 Å². The summed E-state index contributed by atoms with van der Waals surface area (Å²) in [5.41, 5.74) is 1.05. The van der Waals surface area contributed by atoms with Gasteiger partial charge in [0.1, 0.15) is 0 Å². The fourth-order valence-electron chi connectivity index (χ4n) is 3.44. The summed E-state index contributed by atoms with van der Waals surface area (Å²) in [6.45, 7) is 5.03. The fraction of sp³-hybridized carbons (Fsp3) is 0.722. The number of carbonyl (C=O) groups is 1. The van der Waals surface area contributed by atoms with Gasteiger partial charge in [-0.15, -0.1) is 0 Å². The third kappa shape index (κ3) is 4.79. The summed E-state index contributed by atoms with van der Waals surface area (Å²) >= 11 is 1.98. The standard InChI is InChI=1S/C18H29N5O2S/c1-21(7-10-25-2)17(24)15-3-5-22(6-4-15)16-13-19-18(20-14-16)23-8-11-26-12-9-23/h13-15H,3-12H2,1-2H3. The second kappa shape index (κ2) is 9.41. The molecule has 2 aliphatic heterocycles. The minimum Gasteiger partial charge on any atom is -0.383 e. The summed E-state index contributed by atoms with van der Waals surface area (Å²) in [6, 6.07) is 0. The van der Waals surface area contributed by atoms with Crippen molar-refractivity contribution < 1.29 is 9.53 Å². The number of piperidine rings is 1. The first-order chi connectivity index (χ1) is 12.7. The zero-order valence-corrected chi connectivity index (χ0v) is 16.6. The molecular formula is C18H29N5O2S. The Balaban J connectivity index is 1.50. The number of amides is 1. The average molecular weight is 380 g/mol. The van der Waals surface area contributed by atoms with Gasteiger partial charge in [-0.1, -0.05) is 0 Å². The predicted octanol–water partition coefficient (Wildman–Crippen LogP) is 1.35. The highest BCUT2D eigenvalue weighted by atomic mass is 32.2. The number of anilines is 2. The largest absolute Gasteiger partial charge is 0.383 e. The van der Waals surface area contributed by atoms with Crippen molar-refractivity contribution in [2.45, 2.75) is 12.8 Å². The van der Waals surface area contributed by atoms with Crippen LogP contribution in [0.4, 0.5) is 11.6 Å². The van der Waals surface area contributed by atoms with Crippen LogP contribution in [0.1, 0.15) is 12.8 Å². The van der Waals surface area contributed by atoms with Crippen molar-refractivity contribution in [2.24, 2.45) is 5.92 Å². The molecule has 3 rings (SSSR count). The third-order valence-electron chi connectivity index (χ3n) is 5.13. The van der Waals surface area contributed by atoms with Gasteiger partial charge in [0.25, 0.3) is 0 Å². The fourth-order valence-corrected chi connectivity index (χ4v) is 4.34. The molecule has 144 valence electrons. The van der Waals surface area contributed by atoms with Crippen molar-refractivity contribution in [1.82, 2.24) is 14.9 Å². The molecule has 0 aromatic carbocycles. The van der Waals surface area contributed by atoms with Crippen molar-refractivity contribution in [3.05, 3.63) is 12.4 Å². The molecule has 0 bridgehead atoms. The Bertz CT molecular complexity index is 571. The molecule has 0 spiro atoms. The molecule has 0 radical (unpaired) electrons. The van der Waals surface area contributed by atoms with Crippen molar-refractivity contribution in [3.8, 4) is 0 Å². The van der Waals surface area contributed by atoms with Gasteiger partial charge in [0.05, 0.1) is 24.7 Å². The number of hydrogen-bond donors (Lipinski definition) is 0. The normalized spacial score (nSPS) is 18.8. The molecule has 8 heteroatoms. The van der Waals surface area contributed by atoms with E-state index in [2.05, 4.69) is 19.8 Å². The van der Waals surface area contributed by atoms with Crippen molar-refractivity contribution in [1.29, 1.82) is 0 Å². The topological polar surface area (TPSA) is 61.8 Å². The molecule has 0 saturated carbocycles. The van der Waals surface area contributed by atoms with Crippen LogP contribution in [0.3, 0.4) is 0 Å². The molecule has 3 heterocycles. The van der Waals surface area contributed by atoms with Crippen LogP contribution in [0.2, 0.25) is 0 Å². The van der Waals surface area contributed by atoms with E-state index in [1.54, 1.807) is 12.0 Å². The third-order valence-corrected chi connectivity index (χ3v) is 6.08. The summed E-state index contributed by atoms with van der Waals surface area (Å²) in [5.74, 6) is 3.46. The lowest BCUT2D eigenvalue weighted by atomic mass is 9.95. The van der Waals surface area contributed by atoms with Gasteiger partial charge in [-0.2, -0.15) is 11.8 Å². The Morgan fingerprint density at radius 3 is 2.46 bits per heavy atom. The van der Waals surface area contributed by atoms with Crippen LogP contribution >= 0.6 is 11.8 Å². The van der Waals surface area contributed by atoms with Crippen LogP contribution in [0.5, 0.6) is 0 Å². The van der Waals surface area contributed by atoms with Crippen LogP contribution in [0.25, 0.3) is 0 Å². The van der Waals surface area contributed by atoms with E-state index >= 15 is 0 Å². The number of rotatable bonds is 6. The van der Waals surface area contributed by atoms with E-state index in [0.717, 1.165) is 62.2 Å². The van der Waals surface area contributed by atoms with Crippen molar-refractivity contribution >= 4 is 29.3 Å². The molecule has 1 aromatic heterocycles. The number of thioether (sulfide) groups is 1. The lowest BCUT2D eigenvalue weighted by Crippen LogP contribution is -2.42. The van der Waals surface area contributed by atoms with Crippen molar-refractivity contribution in [2.75, 3.05) is 74.8 Å². The number of hydrogen-bond acceptors (Lipinski definition) is 7. The van der Waals surface area contributed by atoms with E-state index in [-0.39, 0.29) is 11.8 Å². The number of aromatic nitrogens is 2. The van der Waals surface area contributed by atoms with Gasteiger partial charge in [-0.25, -0.2) is 9.97 Å². The summed E-state index contributed by atoms with van der Waals surface area (Å²) in [5, 5.41) is 0. The Morgan fingerprint density at radius 2 is 1.85 bits per heavy atom. The highest BCUT2D eigenvalue weighted by Gasteiger charge is 2.27. The molecule has 2 fully saturated rings. The first kappa shape index (κ1) is 19.2. The molecule has 1 amide bonds. The lowest BCUT2D eigenvalue weighted by Gasteiger charge is -2.34. The maximum Gasteiger partial charge on any atom is 0.225 e. The van der Waals surface area contributed by atoms with Gasteiger partial charge in [0, 0.05) is 64.3 Å². The number of likely N-dealkylation sites (N-methyl/N-ethyl adjacent to an activating group) is 1. The molecule has 0 atom stereocenters. The van der Waals surface area contributed by atoms with Crippen LogP contribution in [0.15, 0.2) is 12.4 Å². The minimum atomic E-state index is 0.110. The summed E-state index contributed by atoms with van der Waals surface area (Å²) in [7, 11) is 3.52. The van der Waals surface area contributed by atoms with Gasteiger partial charge in [0.2, 0.25) is 11.9 Å². The SMILES string of the molecule is COCCN(C)C(=O)C1CCN(c2cnc(N3CCSCC3)nc2)CC1. The second-order valence-corrected chi connectivity index (χ2v) is 8.08. The van der Waals surface area contributed by atoms with Crippen LogP contribution in [-0.4, -0.2) is 85.8 Å². The van der Waals surface area contributed by atoms with E-state index in [9.17, 15) is 4.79 Å². The Morgan fingerprint density at radius 1 is 1.19 bits per heavy atom. The number of nitrogens with zero attached hydrogens (tertiary/aromatic N) is 5. The average Bonchev–Trinajstić information content (AvgIpc) is 2.72. The van der Waals surface area contributed by atoms with Crippen LogP contribution in [-0.2, 0) is 9.53 Å². The van der Waals surface area contributed by atoms with Gasteiger partial charge in [-0.3, -0.25) is 4.79 Å². The Kier molecular flexibility index (Phi) is 6.96. The quantitative estimate of drug-likeness (QED) is 0.739. The van der Waals surface area contributed by atoms with Crippen molar-refractivity contribution in [3.63, 3.8) is 0 Å². The summed E-state index contributed by atoms with van der Waals surface area (Å²) < 4.78 is 5.06.